The number of carbonyl (C=O) groups is 2. The Bertz CT molecular complexity index is 669. The third-order valence-corrected chi connectivity index (χ3v) is 8.91. The fourth-order valence-corrected chi connectivity index (χ4v) is 7.04. The summed E-state index contributed by atoms with van der Waals surface area (Å²) >= 11 is 5.82. The summed E-state index contributed by atoms with van der Waals surface area (Å²) in [5.74, 6) is 0.492. The SMILES string of the molecule is C=CCSc1nnc(SCC2(C(=O)O)CS[C@@H]3C(N)C(=O)N3C2)s1. The first-order valence-electron chi connectivity index (χ1n) is 7.08. The fraction of sp³-hybridized carbons (Fsp3) is 0.538. The second-order valence-electron chi connectivity index (χ2n) is 5.50. The lowest BCUT2D eigenvalue weighted by atomic mass is 9.89. The molecule has 2 fully saturated rings. The minimum atomic E-state index is -0.984. The van der Waals surface area contributed by atoms with Gasteiger partial charge in [0, 0.05) is 23.8 Å². The van der Waals surface area contributed by atoms with Gasteiger partial charge in [-0.15, -0.1) is 28.5 Å². The molecular formula is C13H16N4O3S4. The van der Waals surface area contributed by atoms with Gasteiger partial charge in [0.15, 0.2) is 8.68 Å². The first kappa shape index (κ1) is 18.1. The third-order valence-electron chi connectivity index (χ3n) is 3.82. The number of nitrogens with zero attached hydrogens (tertiary/aromatic N) is 3. The maximum atomic E-state index is 11.9. The van der Waals surface area contributed by atoms with Crippen molar-refractivity contribution in [2.24, 2.45) is 11.1 Å². The molecular weight excluding hydrogens is 388 g/mol. The molecule has 24 heavy (non-hydrogen) atoms. The van der Waals surface area contributed by atoms with Gasteiger partial charge in [-0.1, -0.05) is 40.9 Å². The number of hydrogen-bond donors (Lipinski definition) is 2. The van der Waals surface area contributed by atoms with E-state index in [0.29, 0.717) is 11.5 Å². The first-order chi connectivity index (χ1) is 11.5. The summed E-state index contributed by atoms with van der Waals surface area (Å²) in [6, 6.07) is -0.498. The maximum absolute atomic E-state index is 11.9. The van der Waals surface area contributed by atoms with Crippen molar-refractivity contribution in [2.75, 3.05) is 23.8 Å². The number of carboxylic acid groups (broad SMARTS) is 1. The number of rotatable bonds is 7. The van der Waals surface area contributed by atoms with Gasteiger partial charge in [-0.25, -0.2) is 0 Å². The Morgan fingerprint density at radius 3 is 2.88 bits per heavy atom. The van der Waals surface area contributed by atoms with E-state index in [9.17, 15) is 14.7 Å². The maximum Gasteiger partial charge on any atom is 0.313 e. The average molecular weight is 405 g/mol. The van der Waals surface area contributed by atoms with Gasteiger partial charge >= 0.3 is 5.97 Å². The van der Waals surface area contributed by atoms with Gasteiger partial charge in [0.2, 0.25) is 5.91 Å². The van der Waals surface area contributed by atoms with Crippen LogP contribution in [0.15, 0.2) is 21.3 Å². The predicted molar refractivity (Wildman–Crippen MR) is 97.6 cm³/mol. The van der Waals surface area contributed by atoms with Crippen molar-refractivity contribution in [2.45, 2.75) is 20.1 Å². The number of nitrogens with two attached hydrogens (primary N) is 1. The summed E-state index contributed by atoms with van der Waals surface area (Å²) in [6.07, 6.45) is 1.79. The van der Waals surface area contributed by atoms with Crippen LogP contribution >= 0.6 is 46.6 Å². The molecule has 0 saturated carbocycles. The molecule has 0 aliphatic carbocycles. The molecule has 0 spiro atoms. The van der Waals surface area contributed by atoms with E-state index >= 15 is 0 Å². The topological polar surface area (TPSA) is 109 Å². The van der Waals surface area contributed by atoms with Crippen LogP contribution in [0.1, 0.15) is 0 Å². The predicted octanol–water partition coefficient (Wildman–Crippen LogP) is 1.22. The lowest BCUT2D eigenvalue weighted by Gasteiger charge is -2.52. The zero-order valence-corrected chi connectivity index (χ0v) is 15.8. The van der Waals surface area contributed by atoms with E-state index in [1.54, 1.807) is 22.7 Å². The smallest absolute Gasteiger partial charge is 0.313 e. The number of fused-ring (bicyclic) bond motifs is 1. The largest absolute Gasteiger partial charge is 0.481 e. The standard InChI is InChI=1S/C13H16N4O3S4/c1-2-3-21-11-15-16-12(24-11)23-6-13(10(19)20)4-17-8(18)7(14)9(17)22-5-13/h2,7,9H,1,3-6,14H2,(H,19,20)/t7?,9-,13?/m1/s1. The van der Waals surface area contributed by atoms with E-state index in [0.717, 1.165) is 14.4 Å². The lowest BCUT2D eigenvalue weighted by Crippen LogP contribution is -2.72. The highest BCUT2D eigenvalue weighted by Crippen LogP contribution is 2.44. The number of aliphatic carboxylic acids is 1. The Kier molecular flexibility index (Phi) is 5.45. The Morgan fingerprint density at radius 2 is 2.21 bits per heavy atom. The van der Waals surface area contributed by atoms with E-state index in [1.807, 2.05) is 0 Å². The molecule has 2 aliphatic rings. The molecule has 130 valence electrons. The first-order valence-corrected chi connectivity index (χ1v) is 10.9. The number of β-lactam (4-membered cyclic amide) rings is 1. The molecule has 1 aromatic heterocycles. The fourth-order valence-electron chi connectivity index (χ4n) is 2.45. The second kappa shape index (κ2) is 7.24. The normalized spacial score (nSPS) is 29.0. The number of carboxylic acids is 1. The molecule has 2 aliphatic heterocycles. The van der Waals surface area contributed by atoms with Crippen molar-refractivity contribution >= 4 is 58.5 Å². The van der Waals surface area contributed by atoms with Crippen molar-refractivity contribution in [1.29, 1.82) is 0 Å². The van der Waals surface area contributed by atoms with Crippen LogP contribution in [0, 0.1) is 5.41 Å². The van der Waals surface area contributed by atoms with Gasteiger partial charge in [-0.2, -0.15) is 0 Å². The quantitative estimate of drug-likeness (QED) is 0.394. The number of carbonyl (C=O) groups excluding carboxylic acids is 1. The van der Waals surface area contributed by atoms with Gasteiger partial charge in [0.25, 0.3) is 0 Å². The van der Waals surface area contributed by atoms with Gasteiger partial charge in [-0.3, -0.25) is 9.59 Å². The van der Waals surface area contributed by atoms with Gasteiger partial charge in [0.05, 0.1) is 0 Å². The van der Waals surface area contributed by atoms with E-state index in [1.165, 1.54) is 34.9 Å². The lowest BCUT2D eigenvalue weighted by molar-refractivity contribution is -0.155. The van der Waals surface area contributed by atoms with Crippen molar-refractivity contribution in [3.63, 3.8) is 0 Å². The highest BCUT2D eigenvalue weighted by Gasteiger charge is 2.55. The van der Waals surface area contributed by atoms with Crippen molar-refractivity contribution in [3.8, 4) is 0 Å². The van der Waals surface area contributed by atoms with E-state index < -0.39 is 17.4 Å². The molecule has 3 atom stereocenters. The minimum Gasteiger partial charge on any atom is -0.481 e. The number of amides is 1. The summed E-state index contributed by atoms with van der Waals surface area (Å²) in [5, 5.41) is 17.8. The molecule has 3 rings (SSSR count). The molecule has 2 saturated heterocycles. The Morgan fingerprint density at radius 1 is 1.50 bits per heavy atom. The van der Waals surface area contributed by atoms with E-state index in [4.69, 9.17) is 5.73 Å². The molecule has 1 aromatic rings. The third kappa shape index (κ3) is 3.32. The second-order valence-corrected chi connectivity index (χ2v) is 10.1. The Hall–Kier alpha value is -0.750. The van der Waals surface area contributed by atoms with Crippen LogP contribution in [-0.4, -0.2) is 67.3 Å². The van der Waals surface area contributed by atoms with Crippen LogP contribution in [0.4, 0.5) is 0 Å². The van der Waals surface area contributed by atoms with Gasteiger partial charge in [0.1, 0.15) is 16.8 Å². The van der Waals surface area contributed by atoms with Crippen molar-refractivity contribution in [3.05, 3.63) is 12.7 Å². The molecule has 0 aromatic carbocycles. The van der Waals surface area contributed by atoms with Gasteiger partial charge in [-0.05, 0) is 0 Å². The average Bonchev–Trinajstić information content (AvgIpc) is 3.04. The van der Waals surface area contributed by atoms with Crippen LogP contribution in [-0.2, 0) is 9.59 Å². The highest BCUT2D eigenvalue weighted by molar-refractivity contribution is 8.03. The number of aromatic nitrogens is 2. The number of thioether (sulfide) groups is 3. The minimum absolute atomic E-state index is 0.0848. The van der Waals surface area contributed by atoms with Crippen molar-refractivity contribution in [1.82, 2.24) is 15.1 Å². The van der Waals surface area contributed by atoms with Crippen LogP contribution in [0.3, 0.4) is 0 Å². The summed E-state index contributed by atoms with van der Waals surface area (Å²) < 4.78 is 1.57. The zero-order valence-electron chi connectivity index (χ0n) is 12.6. The van der Waals surface area contributed by atoms with E-state index in [2.05, 4.69) is 16.8 Å². The number of hydrogen-bond acceptors (Lipinski definition) is 9. The Balaban J connectivity index is 1.64. The molecule has 0 bridgehead atoms. The summed E-state index contributed by atoms with van der Waals surface area (Å²) in [7, 11) is 0. The zero-order chi connectivity index (χ0) is 17.3. The van der Waals surface area contributed by atoms with Crippen LogP contribution in [0.5, 0.6) is 0 Å². The summed E-state index contributed by atoms with van der Waals surface area (Å²) in [5.41, 5.74) is 4.77. The van der Waals surface area contributed by atoms with Crippen molar-refractivity contribution < 1.29 is 14.7 Å². The van der Waals surface area contributed by atoms with Crippen LogP contribution in [0.25, 0.3) is 0 Å². The molecule has 3 N–H and O–H groups in total. The monoisotopic (exact) mass is 404 g/mol. The van der Waals surface area contributed by atoms with Crippen LogP contribution in [0.2, 0.25) is 0 Å². The van der Waals surface area contributed by atoms with Crippen LogP contribution < -0.4 is 5.73 Å². The molecule has 11 heteroatoms. The van der Waals surface area contributed by atoms with Gasteiger partial charge < -0.3 is 15.7 Å². The molecule has 0 radical (unpaired) electrons. The van der Waals surface area contributed by atoms with E-state index in [-0.39, 0.29) is 17.8 Å². The summed E-state index contributed by atoms with van der Waals surface area (Å²) in [4.78, 5) is 25.3. The summed E-state index contributed by atoms with van der Waals surface area (Å²) in [6.45, 7) is 3.87. The highest BCUT2D eigenvalue weighted by atomic mass is 32.2. The molecule has 3 heterocycles. The molecule has 7 nitrogen and oxygen atoms in total. The molecule has 2 unspecified atom stereocenters. The molecule has 1 amide bonds. The Labute approximate surface area is 155 Å².